The summed E-state index contributed by atoms with van der Waals surface area (Å²) in [5.74, 6) is 0.526. The van der Waals surface area contributed by atoms with Gasteiger partial charge in [-0.05, 0) is 24.0 Å². The average molecular weight is 203 g/mol. The smallest absolute Gasteiger partial charge is 0.137 e. The van der Waals surface area contributed by atoms with Gasteiger partial charge in [0.15, 0.2) is 0 Å². The molecule has 0 spiro atoms. The summed E-state index contributed by atoms with van der Waals surface area (Å²) < 4.78 is 2.00. The Bertz CT molecular complexity index is 483. The maximum absolute atomic E-state index is 5.90. The number of aromatic nitrogens is 2. The molecule has 80 valence electrons. The highest BCUT2D eigenvalue weighted by molar-refractivity contribution is 5.52. The Labute approximate surface area is 89.9 Å². The largest absolute Gasteiger partial charge is 0.396 e. The molecule has 0 aliphatic rings. The molecule has 0 aliphatic carbocycles. The van der Waals surface area contributed by atoms with Crippen LogP contribution in [0, 0.1) is 0 Å². The molecule has 2 aromatic heterocycles. The van der Waals surface area contributed by atoms with E-state index in [1.54, 1.807) is 0 Å². The molecule has 0 atom stereocenters. The van der Waals surface area contributed by atoms with Crippen LogP contribution in [-0.4, -0.2) is 9.38 Å². The zero-order valence-electron chi connectivity index (χ0n) is 9.49. The molecule has 15 heavy (non-hydrogen) atoms. The third-order valence-corrected chi connectivity index (χ3v) is 2.71. The minimum atomic E-state index is 0.526. The zero-order chi connectivity index (χ0) is 11.0. The summed E-state index contributed by atoms with van der Waals surface area (Å²) in [7, 11) is 0. The van der Waals surface area contributed by atoms with Crippen LogP contribution >= 0.6 is 0 Å². The molecule has 0 saturated heterocycles. The van der Waals surface area contributed by atoms with Crippen molar-refractivity contribution in [1.82, 2.24) is 9.38 Å². The SMILES string of the molecule is CCc1nc2cc(C(C)C)cn2cc1N. The van der Waals surface area contributed by atoms with Gasteiger partial charge in [0.25, 0.3) is 0 Å². The predicted molar refractivity (Wildman–Crippen MR) is 63.1 cm³/mol. The molecular weight excluding hydrogens is 186 g/mol. The topological polar surface area (TPSA) is 43.3 Å². The summed E-state index contributed by atoms with van der Waals surface area (Å²) in [5, 5.41) is 0. The van der Waals surface area contributed by atoms with Crippen LogP contribution in [0.3, 0.4) is 0 Å². The predicted octanol–water partition coefficient (Wildman–Crippen LogP) is 2.60. The van der Waals surface area contributed by atoms with Gasteiger partial charge in [-0.15, -0.1) is 0 Å². The summed E-state index contributed by atoms with van der Waals surface area (Å²) in [6.45, 7) is 6.43. The number of nitrogens with zero attached hydrogens (tertiary/aromatic N) is 2. The number of rotatable bonds is 2. The van der Waals surface area contributed by atoms with Crippen LogP contribution in [0.2, 0.25) is 0 Å². The van der Waals surface area contributed by atoms with Crippen molar-refractivity contribution in [2.45, 2.75) is 33.1 Å². The second kappa shape index (κ2) is 3.57. The van der Waals surface area contributed by atoms with Gasteiger partial charge in [-0.1, -0.05) is 20.8 Å². The number of aryl methyl sites for hydroxylation is 1. The fourth-order valence-corrected chi connectivity index (χ4v) is 1.71. The number of nitrogen functional groups attached to an aromatic ring is 1. The molecule has 3 nitrogen and oxygen atoms in total. The molecule has 0 fully saturated rings. The fraction of sp³-hybridized carbons (Fsp3) is 0.417. The van der Waals surface area contributed by atoms with Gasteiger partial charge in [0.1, 0.15) is 5.65 Å². The van der Waals surface area contributed by atoms with Crippen molar-refractivity contribution < 1.29 is 0 Å². The Morgan fingerprint density at radius 1 is 1.40 bits per heavy atom. The van der Waals surface area contributed by atoms with E-state index < -0.39 is 0 Å². The summed E-state index contributed by atoms with van der Waals surface area (Å²) in [4.78, 5) is 4.53. The fourth-order valence-electron chi connectivity index (χ4n) is 1.71. The molecule has 2 aromatic rings. The first-order valence-corrected chi connectivity index (χ1v) is 5.38. The summed E-state index contributed by atoms with van der Waals surface area (Å²) in [6.07, 6.45) is 4.93. The van der Waals surface area contributed by atoms with Crippen LogP contribution in [-0.2, 0) is 6.42 Å². The third kappa shape index (κ3) is 1.69. The zero-order valence-corrected chi connectivity index (χ0v) is 9.49. The molecule has 0 unspecified atom stereocenters. The first kappa shape index (κ1) is 10.0. The maximum Gasteiger partial charge on any atom is 0.137 e. The molecule has 0 aromatic carbocycles. The van der Waals surface area contributed by atoms with Gasteiger partial charge in [-0.3, -0.25) is 0 Å². The molecule has 0 aliphatic heterocycles. The lowest BCUT2D eigenvalue weighted by atomic mass is 10.1. The van der Waals surface area contributed by atoms with Gasteiger partial charge < -0.3 is 10.1 Å². The molecule has 3 heteroatoms. The van der Waals surface area contributed by atoms with E-state index in [2.05, 4.69) is 38.0 Å². The van der Waals surface area contributed by atoms with Crippen molar-refractivity contribution in [3.8, 4) is 0 Å². The van der Waals surface area contributed by atoms with Crippen LogP contribution in [0.5, 0.6) is 0 Å². The lowest BCUT2D eigenvalue weighted by molar-refractivity contribution is 0.865. The first-order chi connectivity index (χ1) is 7.11. The van der Waals surface area contributed by atoms with E-state index in [1.807, 2.05) is 10.6 Å². The van der Waals surface area contributed by atoms with Crippen LogP contribution in [0.4, 0.5) is 5.69 Å². The molecular formula is C12H17N3. The standard InChI is InChI=1S/C12H17N3/c1-4-11-10(13)7-15-6-9(8(2)3)5-12(15)14-11/h5-8H,4,13H2,1-3H3. The minimum absolute atomic E-state index is 0.526. The molecule has 0 amide bonds. The van der Waals surface area contributed by atoms with Gasteiger partial charge in [0, 0.05) is 12.4 Å². The number of fused-ring (bicyclic) bond motifs is 1. The minimum Gasteiger partial charge on any atom is -0.396 e. The van der Waals surface area contributed by atoms with Crippen LogP contribution in [0.1, 0.15) is 37.9 Å². The average Bonchev–Trinajstić information content (AvgIpc) is 2.59. The van der Waals surface area contributed by atoms with Gasteiger partial charge in [-0.2, -0.15) is 0 Å². The van der Waals surface area contributed by atoms with Crippen LogP contribution < -0.4 is 5.73 Å². The van der Waals surface area contributed by atoms with Gasteiger partial charge in [0.2, 0.25) is 0 Å². The van der Waals surface area contributed by atoms with E-state index in [4.69, 9.17) is 5.73 Å². The quantitative estimate of drug-likeness (QED) is 0.815. The molecule has 0 saturated carbocycles. The Morgan fingerprint density at radius 3 is 2.73 bits per heavy atom. The Balaban J connectivity index is 2.61. The Kier molecular flexibility index (Phi) is 2.39. The van der Waals surface area contributed by atoms with E-state index in [-0.39, 0.29) is 0 Å². The third-order valence-electron chi connectivity index (χ3n) is 2.71. The number of nitrogens with two attached hydrogens (primary N) is 1. The van der Waals surface area contributed by atoms with Crippen molar-refractivity contribution in [2.75, 3.05) is 5.73 Å². The second-order valence-electron chi connectivity index (χ2n) is 4.19. The van der Waals surface area contributed by atoms with E-state index in [9.17, 15) is 0 Å². The van der Waals surface area contributed by atoms with Crippen LogP contribution in [0.25, 0.3) is 5.65 Å². The van der Waals surface area contributed by atoms with Crippen molar-refractivity contribution in [1.29, 1.82) is 0 Å². The molecule has 2 heterocycles. The molecule has 2 rings (SSSR count). The highest BCUT2D eigenvalue weighted by Gasteiger charge is 2.06. The number of hydrogen-bond donors (Lipinski definition) is 1. The van der Waals surface area contributed by atoms with E-state index in [0.717, 1.165) is 23.4 Å². The van der Waals surface area contributed by atoms with Gasteiger partial charge >= 0.3 is 0 Å². The second-order valence-corrected chi connectivity index (χ2v) is 4.19. The first-order valence-electron chi connectivity index (χ1n) is 5.38. The summed E-state index contributed by atoms with van der Waals surface area (Å²) in [5.41, 5.74) is 9.95. The van der Waals surface area contributed by atoms with Crippen molar-refractivity contribution in [3.63, 3.8) is 0 Å². The lowest BCUT2D eigenvalue weighted by Gasteiger charge is -2.02. The maximum atomic E-state index is 5.90. The lowest BCUT2D eigenvalue weighted by Crippen LogP contribution is -1.99. The van der Waals surface area contributed by atoms with E-state index in [1.165, 1.54) is 5.56 Å². The molecule has 0 bridgehead atoms. The highest BCUT2D eigenvalue weighted by atomic mass is 15.0. The molecule has 2 N–H and O–H groups in total. The normalized spacial score (nSPS) is 11.5. The Hall–Kier alpha value is -1.51. The van der Waals surface area contributed by atoms with Crippen molar-refractivity contribution >= 4 is 11.3 Å². The van der Waals surface area contributed by atoms with Crippen molar-refractivity contribution in [2.24, 2.45) is 0 Å². The number of anilines is 1. The highest BCUT2D eigenvalue weighted by Crippen LogP contribution is 2.19. The van der Waals surface area contributed by atoms with E-state index in [0.29, 0.717) is 5.92 Å². The summed E-state index contributed by atoms with van der Waals surface area (Å²) in [6, 6.07) is 2.13. The summed E-state index contributed by atoms with van der Waals surface area (Å²) >= 11 is 0. The van der Waals surface area contributed by atoms with E-state index >= 15 is 0 Å². The number of hydrogen-bond acceptors (Lipinski definition) is 2. The van der Waals surface area contributed by atoms with Crippen LogP contribution in [0.15, 0.2) is 18.5 Å². The Morgan fingerprint density at radius 2 is 2.13 bits per heavy atom. The van der Waals surface area contributed by atoms with Gasteiger partial charge in [-0.25, -0.2) is 4.98 Å². The monoisotopic (exact) mass is 203 g/mol. The molecule has 0 radical (unpaired) electrons. The van der Waals surface area contributed by atoms with Gasteiger partial charge in [0.05, 0.1) is 11.4 Å². The van der Waals surface area contributed by atoms with Crippen molar-refractivity contribution in [3.05, 3.63) is 29.7 Å².